The van der Waals surface area contributed by atoms with Crippen LogP contribution in [0.3, 0.4) is 0 Å². The van der Waals surface area contributed by atoms with Crippen molar-refractivity contribution in [3.8, 4) is 0 Å². The van der Waals surface area contributed by atoms with Crippen LogP contribution in [0.4, 0.5) is 4.79 Å². The fraction of sp³-hybridized carbons (Fsp3) is 0.818. The number of carboxylic acids is 1. The number of hydrogen-bond acceptors (Lipinski definition) is 4. The van der Waals surface area contributed by atoms with Gasteiger partial charge in [-0.15, -0.1) is 0 Å². The summed E-state index contributed by atoms with van der Waals surface area (Å²) < 4.78 is 0. The molecule has 18 heavy (non-hydrogen) atoms. The molecule has 4 N–H and O–H groups in total. The zero-order valence-electron chi connectivity index (χ0n) is 10.4. The largest absolute Gasteiger partial charge is 0.481 e. The van der Waals surface area contributed by atoms with Gasteiger partial charge in [-0.3, -0.25) is 4.79 Å². The summed E-state index contributed by atoms with van der Waals surface area (Å²) in [5, 5.41) is 23.9. The molecule has 0 aliphatic carbocycles. The van der Waals surface area contributed by atoms with Gasteiger partial charge < -0.3 is 20.8 Å². The van der Waals surface area contributed by atoms with Gasteiger partial charge in [-0.1, -0.05) is 0 Å². The molecule has 0 spiro atoms. The Morgan fingerprint density at radius 3 is 2.72 bits per heavy atom. The van der Waals surface area contributed by atoms with Crippen LogP contribution in [0.5, 0.6) is 0 Å². The Kier molecular flexibility index (Phi) is 5.74. The summed E-state index contributed by atoms with van der Waals surface area (Å²) >= 11 is 1.85. The van der Waals surface area contributed by atoms with E-state index < -0.39 is 18.0 Å². The highest BCUT2D eigenvalue weighted by molar-refractivity contribution is 8.00. The van der Waals surface area contributed by atoms with Gasteiger partial charge in [0.1, 0.15) is 0 Å². The lowest BCUT2D eigenvalue weighted by Gasteiger charge is -2.21. The van der Waals surface area contributed by atoms with Crippen molar-refractivity contribution in [2.24, 2.45) is 0 Å². The third kappa shape index (κ3) is 6.11. The fourth-order valence-corrected chi connectivity index (χ4v) is 2.93. The lowest BCUT2D eigenvalue weighted by atomic mass is 10.0. The van der Waals surface area contributed by atoms with Crippen molar-refractivity contribution in [2.45, 2.75) is 37.0 Å². The first-order valence-corrected chi connectivity index (χ1v) is 7.01. The predicted molar refractivity (Wildman–Crippen MR) is 69.8 cm³/mol. The Hall–Kier alpha value is -0.950. The highest BCUT2D eigenvalue weighted by atomic mass is 32.2. The third-order valence-corrected chi connectivity index (χ3v) is 4.07. The molecule has 0 bridgehead atoms. The van der Waals surface area contributed by atoms with Crippen LogP contribution < -0.4 is 10.6 Å². The Morgan fingerprint density at radius 2 is 2.17 bits per heavy atom. The minimum Gasteiger partial charge on any atom is -0.481 e. The third-order valence-electron chi connectivity index (χ3n) is 2.68. The van der Waals surface area contributed by atoms with Crippen LogP contribution in [0.2, 0.25) is 0 Å². The molecule has 6 nitrogen and oxygen atoms in total. The minimum atomic E-state index is -1.43. The van der Waals surface area contributed by atoms with Gasteiger partial charge >= 0.3 is 12.0 Å². The second kappa shape index (κ2) is 6.84. The summed E-state index contributed by atoms with van der Waals surface area (Å²) in [6, 6.07) is -0.367. The predicted octanol–water partition coefficient (Wildman–Crippen LogP) is 0.407. The standard InChI is InChI=1S/C11H20N2O4S/c1-11(17,5-9(14)15)7-13-10(16)12-6-8-3-2-4-18-8/h8,17H,2-7H2,1H3,(H,14,15)(H2,12,13,16). The van der Waals surface area contributed by atoms with Crippen LogP contribution in [-0.4, -0.2) is 51.9 Å². The molecule has 1 fully saturated rings. The number of rotatable bonds is 6. The van der Waals surface area contributed by atoms with E-state index in [1.54, 1.807) is 0 Å². The van der Waals surface area contributed by atoms with Crippen LogP contribution in [0.1, 0.15) is 26.2 Å². The van der Waals surface area contributed by atoms with Gasteiger partial charge in [0, 0.05) is 18.3 Å². The van der Waals surface area contributed by atoms with Gasteiger partial charge in [0.05, 0.1) is 12.0 Å². The second-order valence-corrected chi connectivity index (χ2v) is 6.17. The molecule has 2 amide bonds. The molecule has 0 radical (unpaired) electrons. The quantitative estimate of drug-likeness (QED) is 0.563. The van der Waals surface area contributed by atoms with E-state index in [9.17, 15) is 14.7 Å². The van der Waals surface area contributed by atoms with Crippen LogP contribution in [0.25, 0.3) is 0 Å². The molecule has 1 saturated heterocycles. The van der Waals surface area contributed by atoms with Crippen molar-refractivity contribution >= 4 is 23.8 Å². The van der Waals surface area contributed by atoms with Crippen molar-refractivity contribution in [1.82, 2.24) is 10.6 Å². The molecule has 1 aliphatic rings. The molecule has 1 heterocycles. The molecular weight excluding hydrogens is 256 g/mol. The highest BCUT2D eigenvalue weighted by Crippen LogP contribution is 2.25. The summed E-state index contributed by atoms with van der Waals surface area (Å²) in [5.74, 6) is 0.0472. The topological polar surface area (TPSA) is 98.7 Å². The van der Waals surface area contributed by atoms with Gasteiger partial charge in [-0.2, -0.15) is 11.8 Å². The SMILES string of the molecule is CC(O)(CNC(=O)NCC1CCCS1)CC(=O)O. The number of hydrogen-bond donors (Lipinski definition) is 4. The minimum absolute atomic E-state index is 0.0804. The average molecular weight is 276 g/mol. The molecule has 0 aromatic heterocycles. The van der Waals surface area contributed by atoms with Crippen molar-refractivity contribution < 1.29 is 19.8 Å². The number of nitrogens with one attached hydrogen (secondary N) is 2. The van der Waals surface area contributed by atoms with E-state index in [-0.39, 0.29) is 12.6 Å². The molecule has 1 rings (SSSR count). The van der Waals surface area contributed by atoms with E-state index in [1.807, 2.05) is 11.8 Å². The van der Waals surface area contributed by atoms with Crippen molar-refractivity contribution in [1.29, 1.82) is 0 Å². The number of carboxylic acid groups (broad SMARTS) is 1. The van der Waals surface area contributed by atoms with Crippen molar-refractivity contribution in [3.63, 3.8) is 0 Å². The lowest BCUT2D eigenvalue weighted by molar-refractivity contribution is -0.141. The van der Waals surface area contributed by atoms with Crippen LogP contribution in [0, 0.1) is 0 Å². The Labute approximate surface area is 111 Å². The van der Waals surface area contributed by atoms with E-state index in [0.29, 0.717) is 11.8 Å². The number of carbonyl (C=O) groups is 2. The van der Waals surface area contributed by atoms with Gasteiger partial charge in [-0.25, -0.2) is 4.79 Å². The molecule has 7 heteroatoms. The molecule has 0 aromatic carbocycles. The number of thioether (sulfide) groups is 1. The van der Waals surface area contributed by atoms with E-state index in [4.69, 9.17) is 5.11 Å². The molecule has 0 saturated carbocycles. The summed E-state index contributed by atoms with van der Waals surface area (Å²) in [6.07, 6.45) is 1.90. The maximum atomic E-state index is 11.4. The molecular formula is C11H20N2O4S. The van der Waals surface area contributed by atoms with Crippen molar-refractivity contribution in [2.75, 3.05) is 18.8 Å². The molecule has 2 unspecified atom stereocenters. The maximum Gasteiger partial charge on any atom is 0.314 e. The normalized spacial score (nSPS) is 22.2. The number of amides is 2. The average Bonchev–Trinajstić information content (AvgIpc) is 2.74. The van der Waals surface area contributed by atoms with E-state index >= 15 is 0 Å². The zero-order chi connectivity index (χ0) is 13.6. The van der Waals surface area contributed by atoms with Crippen LogP contribution in [0.15, 0.2) is 0 Å². The summed E-state index contributed by atoms with van der Waals surface area (Å²) in [6.45, 7) is 1.91. The summed E-state index contributed by atoms with van der Waals surface area (Å²) in [7, 11) is 0. The Balaban J connectivity index is 2.17. The molecule has 1 aliphatic heterocycles. The Morgan fingerprint density at radius 1 is 1.44 bits per heavy atom. The first-order chi connectivity index (χ1) is 8.39. The summed E-state index contributed by atoms with van der Waals surface area (Å²) in [5.41, 5.74) is -1.43. The Bertz CT molecular complexity index is 303. The van der Waals surface area contributed by atoms with E-state index in [0.717, 1.165) is 12.2 Å². The fourth-order valence-electron chi connectivity index (χ4n) is 1.73. The van der Waals surface area contributed by atoms with E-state index in [1.165, 1.54) is 13.3 Å². The first-order valence-electron chi connectivity index (χ1n) is 5.96. The monoisotopic (exact) mass is 276 g/mol. The lowest BCUT2D eigenvalue weighted by Crippen LogP contribution is -2.46. The van der Waals surface area contributed by atoms with Gasteiger partial charge in [0.2, 0.25) is 0 Å². The number of aliphatic hydroxyl groups is 1. The number of aliphatic carboxylic acids is 1. The first kappa shape index (κ1) is 15.1. The van der Waals surface area contributed by atoms with Gasteiger partial charge in [0.15, 0.2) is 0 Å². The maximum absolute atomic E-state index is 11.4. The second-order valence-electron chi connectivity index (χ2n) is 4.77. The highest BCUT2D eigenvalue weighted by Gasteiger charge is 2.25. The molecule has 0 aromatic rings. The van der Waals surface area contributed by atoms with Crippen LogP contribution >= 0.6 is 11.8 Å². The van der Waals surface area contributed by atoms with Crippen LogP contribution in [-0.2, 0) is 4.79 Å². The smallest absolute Gasteiger partial charge is 0.314 e. The van der Waals surface area contributed by atoms with E-state index in [2.05, 4.69) is 10.6 Å². The summed E-state index contributed by atoms with van der Waals surface area (Å²) in [4.78, 5) is 21.9. The van der Waals surface area contributed by atoms with Gasteiger partial charge in [-0.05, 0) is 25.5 Å². The van der Waals surface area contributed by atoms with Crippen molar-refractivity contribution in [3.05, 3.63) is 0 Å². The molecule has 104 valence electrons. The van der Waals surface area contributed by atoms with Gasteiger partial charge in [0.25, 0.3) is 0 Å². The number of urea groups is 1. The number of carbonyl (C=O) groups excluding carboxylic acids is 1. The zero-order valence-corrected chi connectivity index (χ0v) is 11.3. The molecule has 2 atom stereocenters.